The third kappa shape index (κ3) is 6.26. The molecule has 32 heavy (non-hydrogen) atoms. The molecular formula is C28H35NO2S. The van der Waals surface area contributed by atoms with Crippen LogP contribution in [0, 0.1) is 34.0 Å². The maximum atomic E-state index is 11.6. The number of ether oxygens (including phenoxy) is 1. The van der Waals surface area contributed by atoms with Crippen LogP contribution in [0.2, 0.25) is 0 Å². The lowest BCUT2D eigenvalue weighted by molar-refractivity contribution is -0.134. The molecule has 1 fully saturated rings. The molecule has 0 bridgehead atoms. The monoisotopic (exact) mass is 449 g/mol. The number of nitrogens with zero attached hydrogens (tertiary/aromatic N) is 1. The molecule has 1 saturated carbocycles. The van der Waals surface area contributed by atoms with Gasteiger partial charge in [-0.3, -0.25) is 0 Å². The zero-order valence-corrected chi connectivity index (χ0v) is 20.5. The van der Waals surface area contributed by atoms with Crippen molar-refractivity contribution in [1.82, 2.24) is 0 Å². The maximum absolute atomic E-state index is 11.6. The van der Waals surface area contributed by atoms with Crippen molar-refractivity contribution < 1.29 is 9.53 Å². The number of rotatable bonds is 9. The van der Waals surface area contributed by atoms with E-state index in [1.165, 1.54) is 12.0 Å². The molecule has 0 N–H and O–H groups in total. The van der Waals surface area contributed by atoms with Gasteiger partial charge in [0.15, 0.2) is 0 Å². The van der Waals surface area contributed by atoms with Gasteiger partial charge in [-0.1, -0.05) is 73.7 Å². The zero-order chi connectivity index (χ0) is 23.6. The van der Waals surface area contributed by atoms with Gasteiger partial charge in [-0.25, -0.2) is 4.79 Å². The van der Waals surface area contributed by atoms with Crippen molar-refractivity contribution in [3.8, 4) is 6.07 Å². The average molecular weight is 450 g/mol. The highest BCUT2D eigenvalue weighted by Gasteiger charge is 2.51. The van der Waals surface area contributed by atoms with Crippen LogP contribution in [0.3, 0.4) is 0 Å². The lowest BCUT2D eigenvalue weighted by Crippen LogP contribution is -2.47. The van der Waals surface area contributed by atoms with Gasteiger partial charge in [0, 0.05) is 11.0 Å². The summed E-state index contributed by atoms with van der Waals surface area (Å²) in [5.41, 5.74) is 0.242. The summed E-state index contributed by atoms with van der Waals surface area (Å²) < 4.78 is 4.76. The van der Waals surface area contributed by atoms with Crippen LogP contribution in [-0.4, -0.2) is 13.1 Å². The van der Waals surface area contributed by atoms with Crippen molar-refractivity contribution in [2.75, 3.05) is 7.11 Å². The van der Waals surface area contributed by atoms with Crippen molar-refractivity contribution >= 4 is 17.7 Å². The standard InChI is InChI=1S/C28H35NO2S/c1-6-27(4)23(3)16-18-28(21-29,25(27)15-14-22(2)20-26(30)31-5)17-10-11-19-32-24-12-8-7-9-13-24/h6-13,17,19-20,23,25H,1,14-16,18H2,2-5H3/b17-10+,19-11-,22-20+/t23-,25-,27+,28-/m0/s1. The average Bonchev–Trinajstić information content (AvgIpc) is 2.81. The smallest absolute Gasteiger partial charge is 0.330 e. The number of methoxy groups -OCH3 is 1. The molecule has 0 aliphatic heterocycles. The highest BCUT2D eigenvalue weighted by Crippen LogP contribution is 2.57. The molecule has 0 unspecified atom stereocenters. The summed E-state index contributed by atoms with van der Waals surface area (Å²) in [4.78, 5) is 12.8. The van der Waals surface area contributed by atoms with Crippen LogP contribution >= 0.6 is 11.8 Å². The number of carbonyl (C=O) groups is 1. The Morgan fingerprint density at radius 1 is 1.34 bits per heavy atom. The van der Waals surface area contributed by atoms with Gasteiger partial charge in [-0.2, -0.15) is 5.26 Å². The quantitative estimate of drug-likeness (QED) is 0.129. The summed E-state index contributed by atoms with van der Waals surface area (Å²) in [5.74, 6) is 0.209. The molecule has 0 aromatic heterocycles. The predicted octanol–water partition coefficient (Wildman–Crippen LogP) is 7.50. The van der Waals surface area contributed by atoms with Crippen LogP contribution in [0.4, 0.5) is 0 Å². The fourth-order valence-corrected chi connectivity index (χ4v) is 5.36. The van der Waals surface area contributed by atoms with Gasteiger partial charge in [-0.05, 0) is 67.4 Å². The Hall–Kier alpha value is -2.51. The van der Waals surface area contributed by atoms with Gasteiger partial charge >= 0.3 is 5.97 Å². The van der Waals surface area contributed by atoms with Crippen LogP contribution in [0.15, 0.2) is 83.2 Å². The van der Waals surface area contributed by atoms with E-state index < -0.39 is 5.41 Å². The number of esters is 1. The van der Waals surface area contributed by atoms with Crippen LogP contribution in [0.25, 0.3) is 0 Å². The number of carbonyl (C=O) groups excluding carboxylic acids is 1. The molecule has 3 nitrogen and oxygen atoms in total. The topological polar surface area (TPSA) is 50.1 Å². The molecule has 0 amide bonds. The van der Waals surface area contributed by atoms with Crippen molar-refractivity contribution in [3.63, 3.8) is 0 Å². The maximum Gasteiger partial charge on any atom is 0.330 e. The normalized spacial score (nSPS) is 28.5. The van der Waals surface area contributed by atoms with Crippen LogP contribution in [0.1, 0.15) is 46.5 Å². The number of thioether (sulfide) groups is 1. The molecule has 0 heterocycles. The summed E-state index contributed by atoms with van der Waals surface area (Å²) in [6.45, 7) is 10.6. The van der Waals surface area contributed by atoms with E-state index in [1.807, 2.05) is 48.8 Å². The van der Waals surface area contributed by atoms with E-state index in [4.69, 9.17) is 4.74 Å². The van der Waals surface area contributed by atoms with Crippen LogP contribution in [0.5, 0.6) is 0 Å². The fourth-order valence-electron chi connectivity index (χ4n) is 4.72. The molecule has 170 valence electrons. The van der Waals surface area contributed by atoms with Gasteiger partial charge in [0.1, 0.15) is 0 Å². The largest absolute Gasteiger partial charge is 0.466 e. The summed E-state index contributed by atoms with van der Waals surface area (Å²) >= 11 is 1.66. The van der Waals surface area contributed by atoms with Gasteiger partial charge in [0.05, 0.1) is 18.6 Å². The fraction of sp³-hybridized carbons (Fsp3) is 0.429. The number of hydrogen-bond donors (Lipinski definition) is 0. The Morgan fingerprint density at radius 3 is 2.69 bits per heavy atom. The Kier molecular flexibility index (Phi) is 9.60. The second-order valence-electron chi connectivity index (χ2n) is 8.89. The predicted molar refractivity (Wildman–Crippen MR) is 134 cm³/mol. The first-order valence-corrected chi connectivity index (χ1v) is 12.1. The van der Waals surface area contributed by atoms with E-state index in [-0.39, 0.29) is 17.3 Å². The van der Waals surface area contributed by atoms with Gasteiger partial charge in [0.25, 0.3) is 0 Å². The van der Waals surface area contributed by atoms with Gasteiger partial charge in [0.2, 0.25) is 0 Å². The highest BCUT2D eigenvalue weighted by molar-refractivity contribution is 8.02. The molecule has 1 aromatic rings. The Labute approximate surface area is 197 Å². The first-order valence-electron chi connectivity index (χ1n) is 11.2. The molecule has 1 aliphatic carbocycles. The van der Waals surface area contributed by atoms with E-state index in [0.717, 1.165) is 31.3 Å². The summed E-state index contributed by atoms with van der Waals surface area (Å²) in [5, 5.41) is 12.4. The lowest BCUT2D eigenvalue weighted by Gasteiger charge is -2.52. The second kappa shape index (κ2) is 11.9. The first-order chi connectivity index (χ1) is 15.3. The molecule has 0 spiro atoms. The Bertz CT molecular complexity index is 911. The number of nitriles is 1. The van der Waals surface area contributed by atoms with Crippen molar-refractivity contribution in [1.29, 1.82) is 5.26 Å². The SMILES string of the molecule is C=C[C@]1(C)[C@@H](C)CC[C@](C#N)(/C=C/C=C\Sc2ccccc2)[C@H]1CC/C(C)=C/C(=O)OC. The minimum absolute atomic E-state index is 0.105. The third-order valence-electron chi connectivity index (χ3n) is 7.00. The molecule has 4 heteroatoms. The van der Waals surface area contributed by atoms with E-state index in [1.54, 1.807) is 17.8 Å². The Morgan fingerprint density at radius 2 is 2.06 bits per heavy atom. The molecule has 4 atom stereocenters. The van der Waals surface area contributed by atoms with E-state index in [0.29, 0.717) is 5.92 Å². The first kappa shape index (κ1) is 25.7. The van der Waals surface area contributed by atoms with E-state index in [2.05, 4.69) is 44.7 Å². The second-order valence-corrected chi connectivity index (χ2v) is 9.86. The van der Waals surface area contributed by atoms with Gasteiger partial charge < -0.3 is 4.74 Å². The van der Waals surface area contributed by atoms with Gasteiger partial charge in [-0.15, -0.1) is 6.58 Å². The minimum atomic E-state index is -0.567. The molecule has 1 aliphatic rings. The molecule has 0 saturated heterocycles. The molecule has 2 rings (SSSR count). The number of hydrogen-bond acceptors (Lipinski definition) is 4. The Balaban J connectivity index is 2.25. The van der Waals surface area contributed by atoms with Crippen LogP contribution in [-0.2, 0) is 9.53 Å². The van der Waals surface area contributed by atoms with Crippen molar-refractivity contribution in [2.24, 2.45) is 22.7 Å². The van der Waals surface area contributed by atoms with Crippen molar-refractivity contribution in [3.05, 3.63) is 78.3 Å². The minimum Gasteiger partial charge on any atom is -0.466 e. The summed E-state index contributed by atoms with van der Waals surface area (Å²) in [7, 11) is 1.39. The van der Waals surface area contributed by atoms with Crippen LogP contribution < -0.4 is 0 Å². The zero-order valence-electron chi connectivity index (χ0n) is 19.7. The number of benzene rings is 1. The summed E-state index contributed by atoms with van der Waals surface area (Å²) in [6.07, 6.45) is 13.1. The van der Waals surface area contributed by atoms with Crippen molar-refractivity contribution in [2.45, 2.75) is 51.3 Å². The molecular weight excluding hydrogens is 414 g/mol. The molecule has 1 aromatic carbocycles. The highest BCUT2D eigenvalue weighted by atomic mass is 32.2. The third-order valence-corrected chi connectivity index (χ3v) is 7.83. The van der Waals surface area contributed by atoms with E-state index in [9.17, 15) is 10.1 Å². The lowest BCUT2D eigenvalue weighted by atomic mass is 9.50. The number of allylic oxidation sites excluding steroid dienone is 5. The summed E-state index contributed by atoms with van der Waals surface area (Å²) in [6, 6.07) is 12.9. The van der Waals surface area contributed by atoms with E-state index >= 15 is 0 Å². The molecule has 0 radical (unpaired) electrons.